The maximum Gasteiger partial charge on any atom is 0.244 e. The van der Waals surface area contributed by atoms with Crippen LogP contribution in [0.2, 0.25) is 0 Å². The van der Waals surface area contributed by atoms with Crippen LogP contribution in [0.3, 0.4) is 0 Å². The van der Waals surface area contributed by atoms with Gasteiger partial charge in [0.25, 0.3) is 0 Å². The van der Waals surface area contributed by atoms with Gasteiger partial charge in [-0.05, 0) is 38.6 Å². The van der Waals surface area contributed by atoms with Gasteiger partial charge in [0.15, 0.2) is 0 Å². The molecular weight excluding hydrogens is 276 g/mol. The number of hydrogen-bond acceptors (Lipinski definition) is 5. The minimum absolute atomic E-state index is 0.195. The quantitative estimate of drug-likeness (QED) is 0.844. The van der Waals surface area contributed by atoms with Gasteiger partial charge >= 0.3 is 0 Å². The van der Waals surface area contributed by atoms with Crippen LogP contribution in [0.4, 0.5) is 5.82 Å². The van der Waals surface area contributed by atoms with E-state index < -0.39 is 10.0 Å². The number of nitrogens with one attached hydrogen (secondary N) is 2. The second-order valence-corrected chi connectivity index (χ2v) is 6.82. The molecule has 1 fully saturated rings. The summed E-state index contributed by atoms with van der Waals surface area (Å²) in [6, 6.07) is 3.46. The van der Waals surface area contributed by atoms with E-state index in [2.05, 4.69) is 19.9 Å². The van der Waals surface area contributed by atoms with Crippen LogP contribution in [-0.4, -0.2) is 51.5 Å². The predicted molar refractivity (Wildman–Crippen MR) is 79.2 cm³/mol. The van der Waals surface area contributed by atoms with Crippen molar-refractivity contribution in [1.29, 1.82) is 0 Å². The Bertz CT molecular complexity index is 547. The summed E-state index contributed by atoms with van der Waals surface area (Å²) in [5, 5.41) is 2.81. The number of anilines is 1. The fourth-order valence-electron chi connectivity index (χ4n) is 2.48. The molecule has 0 spiro atoms. The number of piperidine rings is 1. The number of sulfonamides is 1. The van der Waals surface area contributed by atoms with Gasteiger partial charge < -0.3 is 10.2 Å². The fraction of sp³-hybridized carbons (Fsp3) is 0.615. The summed E-state index contributed by atoms with van der Waals surface area (Å²) in [4.78, 5) is 6.44. The molecule has 1 aromatic rings. The van der Waals surface area contributed by atoms with Crippen molar-refractivity contribution >= 4 is 15.8 Å². The van der Waals surface area contributed by atoms with Crippen LogP contribution >= 0.6 is 0 Å². The van der Waals surface area contributed by atoms with Crippen molar-refractivity contribution in [1.82, 2.24) is 14.6 Å². The molecule has 112 valence electrons. The van der Waals surface area contributed by atoms with Crippen molar-refractivity contribution in [2.24, 2.45) is 0 Å². The van der Waals surface area contributed by atoms with Gasteiger partial charge in [-0.2, -0.15) is 0 Å². The Kier molecular flexibility index (Phi) is 4.95. The smallest absolute Gasteiger partial charge is 0.244 e. The van der Waals surface area contributed by atoms with Gasteiger partial charge in [0, 0.05) is 25.8 Å². The van der Waals surface area contributed by atoms with Gasteiger partial charge in [-0.3, -0.25) is 0 Å². The van der Waals surface area contributed by atoms with Crippen LogP contribution in [0, 0.1) is 0 Å². The average Bonchev–Trinajstić information content (AvgIpc) is 2.46. The first-order chi connectivity index (χ1) is 9.54. The molecule has 2 heterocycles. The number of likely N-dealkylation sites (N-methyl/N-ethyl adjacent to an activating group) is 1. The van der Waals surface area contributed by atoms with Crippen LogP contribution in [-0.2, 0) is 10.0 Å². The summed E-state index contributed by atoms with van der Waals surface area (Å²) in [7, 11) is 0.178. The summed E-state index contributed by atoms with van der Waals surface area (Å²) in [6.45, 7) is 1.47. The zero-order valence-corrected chi connectivity index (χ0v) is 12.8. The monoisotopic (exact) mass is 298 g/mol. The highest BCUT2D eigenvalue weighted by Gasteiger charge is 2.23. The summed E-state index contributed by atoms with van der Waals surface area (Å²) in [5.41, 5.74) is 0. The van der Waals surface area contributed by atoms with Crippen molar-refractivity contribution in [2.45, 2.75) is 30.2 Å². The zero-order chi connectivity index (χ0) is 14.6. The molecule has 1 aliphatic rings. The van der Waals surface area contributed by atoms with Gasteiger partial charge in [0.1, 0.15) is 10.7 Å². The van der Waals surface area contributed by atoms with E-state index >= 15 is 0 Å². The van der Waals surface area contributed by atoms with Gasteiger partial charge in [0.2, 0.25) is 10.0 Å². The van der Waals surface area contributed by atoms with Gasteiger partial charge in [-0.25, -0.2) is 18.1 Å². The van der Waals surface area contributed by atoms with Crippen molar-refractivity contribution in [2.75, 3.05) is 32.5 Å². The van der Waals surface area contributed by atoms with E-state index in [0.717, 1.165) is 19.4 Å². The lowest BCUT2D eigenvalue weighted by Crippen LogP contribution is -2.44. The first-order valence-corrected chi connectivity index (χ1v) is 8.35. The lowest BCUT2D eigenvalue weighted by molar-refractivity contribution is 0.187. The molecule has 6 nitrogen and oxygen atoms in total. The third-order valence-electron chi connectivity index (χ3n) is 3.73. The summed E-state index contributed by atoms with van der Waals surface area (Å²) in [5.74, 6) is 0.372. The standard InChI is InChI=1S/C13H22N4O2S/c1-14-13-12(7-5-8-15-13)20(18,19)16-10-11-6-3-4-9-17(11)2/h5,7-8,11,16H,3-4,6,9-10H2,1-2H3,(H,14,15). The average molecular weight is 298 g/mol. The molecule has 1 unspecified atom stereocenters. The number of nitrogens with zero attached hydrogens (tertiary/aromatic N) is 2. The molecule has 2 N–H and O–H groups in total. The van der Waals surface area contributed by atoms with E-state index in [4.69, 9.17) is 0 Å². The van der Waals surface area contributed by atoms with Gasteiger partial charge in [-0.15, -0.1) is 0 Å². The summed E-state index contributed by atoms with van der Waals surface area (Å²) >= 11 is 0. The molecule has 0 aromatic carbocycles. The third-order valence-corrected chi connectivity index (χ3v) is 5.18. The molecule has 2 rings (SSSR count). The molecule has 0 saturated carbocycles. The molecule has 0 radical (unpaired) electrons. The highest BCUT2D eigenvalue weighted by atomic mass is 32.2. The maximum absolute atomic E-state index is 12.4. The van der Waals surface area contributed by atoms with E-state index in [1.807, 2.05) is 7.05 Å². The minimum Gasteiger partial charge on any atom is -0.372 e. The first kappa shape index (κ1) is 15.2. The molecular formula is C13H22N4O2S. The Labute approximate surface area is 120 Å². The van der Waals surface area contributed by atoms with Crippen molar-refractivity contribution in [3.05, 3.63) is 18.3 Å². The van der Waals surface area contributed by atoms with Crippen LogP contribution < -0.4 is 10.0 Å². The number of hydrogen-bond donors (Lipinski definition) is 2. The largest absolute Gasteiger partial charge is 0.372 e. The molecule has 0 bridgehead atoms. The summed E-state index contributed by atoms with van der Waals surface area (Å²) < 4.78 is 27.4. The number of aromatic nitrogens is 1. The second kappa shape index (κ2) is 6.51. The zero-order valence-electron chi connectivity index (χ0n) is 12.0. The molecule has 1 atom stereocenters. The van der Waals surface area contributed by atoms with Crippen LogP contribution in [0.25, 0.3) is 0 Å². The molecule has 20 heavy (non-hydrogen) atoms. The molecule has 1 aliphatic heterocycles. The lowest BCUT2D eigenvalue weighted by Gasteiger charge is -2.32. The maximum atomic E-state index is 12.4. The Morgan fingerprint density at radius 2 is 2.25 bits per heavy atom. The Morgan fingerprint density at radius 1 is 1.45 bits per heavy atom. The van der Waals surface area contributed by atoms with E-state index in [1.165, 1.54) is 6.42 Å². The Hall–Kier alpha value is -1.18. The number of pyridine rings is 1. The summed E-state index contributed by atoms with van der Waals surface area (Å²) in [6.07, 6.45) is 4.95. The third kappa shape index (κ3) is 3.47. The SMILES string of the molecule is CNc1ncccc1S(=O)(=O)NCC1CCCCN1C. The second-order valence-electron chi connectivity index (χ2n) is 5.08. The van der Waals surface area contributed by atoms with Crippen LogP contribution in [0.1, 0.15) is 19.3 Å². The van der Waals surface area contributed by atoms with Crippen molar-refractivity contribution < 1.29 is 8.42 Å². The number of likely N-dealkylation sites (tertiary alicyclic amines) is 1. The predicted octanol–water partition coefficient (Wildman–Crippen LogP) is 0.886. The normalized spacial score (nSPS) is 20.8. The van der Waals surface area contributed by atoms with Crippen molar-refractivity contribution in [3.63, 3.8) is 0 Å². The highest BCUT2D eigenvalue weighted by Crippen LogP contribution is 2.18. The molecule has 0 aliphatic carbocycles. The van der Waals surface area contributed by atoms with E-state index in [-0.39, 0.29) is 10.9 Å². The lowest BCUT2D eigenvalue weighted by atomic mass is 10.0. The topological polar surface area (TPSA) is 74.3 Å². The van der Waals surface area contributed by atoms with Gasteiger partial charge in [-0.1, -0.05) is 6.42 Å². The molecule has 0 amide bonds. The fourth-order valence-corrected chi connectivity index (χ4v) is 3.72. The minimum atomic E-state index is -3.53. The van der Waals surface area contributed by atoms with E-state index in [0.29, 0.717) is 12.4 Å². The Morgan fingerprint density at radius 3 is 2.95 bits per heavy atom. The van der Waals surface area contributed by atoms with Crippen LogP contribution in [0.5, 0.6) is 0 Å². The first-order valence-electron chi connectivity index (χ1n) is 6.87. The van der Waals surface area contributed by atoms with Gasteiger partial charge in [0.05, 0.1) is 0 Å². The van der Waals surface area contributed by atoms with E-state index in [1.54, 1.807) is 25.4 Å². The molecule has 1 aromatic heterocycles. The molecule has 1 saturated heterocycles. The number of rotatable bonds is 5. The molecule has 7 heteroatoms. The van der Waals surface area contributed by atoms with Crippen molar-refractivity contribution in [3.8, 4) is 0 Å². The highest BCUT2D eigenvalue weighted by molar-refractivity contribution is 7.89. The van der Waals surface area contributed by atoms with E-state index in [9.17, 15) is 8.42 Å². The Balaban J connectivity index is 2.07. The van der Waals surface area contributed by atoms with Crippen LogP contribution in [0.15, 0.2) is 23.2 Å².